The van der Waals surface area contributed by atoms with Crippen molar-refractivity contribution in [2.45, 2.75) is 23.1 Å². The number of aromatic nitrogens is 2. The molecule has 1 fully saturated rings. The van der Waals surface area contributed by atoms with Crippen molar-refractivity contribution in [2.75, 3.05) is 31.2 Å². The Labute approximate surface area is 197 Å². The Morgan fingerprint density at radius 1 is 1.06 bits per heavy atom. The van der Waals surface area contributed by atoms with Crippen LogP contribution in [0, 0.1) is 0 Å². The molecule has 4 rings (SSSR count). The van der Waals surface area contributed by atoms with Gasteiger partial charge in [-0.15, -0.1) is 12.4 Å². The molecule has 2 aromatic heterocycles. The average Bonchev–Trinajstić information content (AvgIpc) is 2.81. The molecule has 6 nitrogen and oxygen atoms in total. The van der Waals surface area contributed by atoms with Crippen molar-refractivity contribution in [2.24, 2.45) is 5.73 Å². The van der Waals surface area contributed by atoms with Gasteiger partial charge < -0.3 is 20.5 Å². The van der Waals surface area contributed by atoms with Gasteiger partial charge in [0.25, 0.3) is 0 Å². The fourth-order valence-corrected chi connectivity index (χ4v) is 4.73. The summed E-state index contributed by atoms with van der Waals surface area (Å²) in [5.74, 6) is 0.931. The summed E-state index contributed by atoms with van der Waals surface area (Å²) in [6.45, 7) is 3.36. The smallest absolute Gasteiger partial charge is 0.129 e. The number of hydrogen-bond acceptors (Lipinski definition) is 7. The predicted molar refractivity (Wildman–Crippen MR) is 127 cm³/mol. The molecular formula is C22H24Cl2N4O2S. The molecule has 31 heavy (non-hydrogen) atoms. The first-order valence-electron chi connectivity index (χ1n) is 9.74. The minimum absolute atomic E-state index is 0. The lowest BCUT2D eigenvalue weighted by atomic mass is 10.0. The van der Waals surface area contributed by atoms with Gasteiger partial charge in [0.1, 0.15) is 10.8 Å². The van der Waals surface area contributed by atoms with E-state index in [4.69, 9.17) is 22.1 Å². The van der Waals surface area contributed by atoms with Crippen molar-refractivity contribution in [1.29, 1.82) is 0 Å². The zero-order chi connectivity index (χ0) is 20.9. The van der Waals surface area contributed by atoms with Crippen LogP contribution in [0.15, 0.2) is 58.7 Å². The van der Waals surface area contributed by atoms with Gasteiger partial charge in [-0.2, -0.15) is 0 Å². The van der Waals surface area contributed by atoms with Crippen molar-refractivity contribution in [1.82, 2.24) is 9.97 Å². The maximum atomic E-state index is 9.59. The van der Waals surface area contributed by atoms with Gasteiger partial charge in [0.15, 0.2) is 0 Å². The second-order valence-electron chi connectivity index (χ2n) is 6.88. The Balaban J connectivity index is 0.00000272. The maximum Gasteiger partial charge on any atom is 0.129 e. The van der Waals surface area contributed by atoms with Crippen LogP contribution in [0.2, 0.25) is 5.02 Å². The third-order valence-corrected chi connectivity index (χ3v) is 6.63. The number of halogens is 2. The molecule has 1 aliphatic heterocycles. The van der Waals surface area contributed by atoms with E-state index in [1.807, 2.05) is 24.4 Å². The number of aliphatic hydroxyl groups is 1. The lowest BCUT2D eigenvalue weighted by Crippen LogP contribution is -2.36. The zero-order valence-corrected chi connectivity index (χ0v) is 19.2. The van der Waals surface area contributed by atoms with E-state index in [0.29, 0.717) is 24.8 Å². The number of nitrogens with two attached hydrogens (primary N) is 1. The molecule has 0 saturated carbocycles. The lowest BCUT2D eigenvalue weighted by Gasteiger charge is -2.28. The van der Waals surface area contributed by atoms with E-state index in [-0.39, 0.29) is 19.0 Å². The summed E-state index contributed by atoms with van der Waals surface area (Å²) >= 11 is 8.12. The number of anilines is 1. The van der Waals surface area contributed by atoms with E-state index >= 15 is 0 Å². The first kappa shape index (κ1) is 23.8. The molecule has 0 aliphatic carbocycles. The number of nitrogens with zero attached hydrogens (tertiary/aromatic N) is 3. The van der Waals surface area contributed by atoms with Gasteiger partial charge in [-0.25, -0.2) is 9.97 Å². The fraction of sp³-hybridized carbons (Fsp3) is 0.273. The minimum atomic E-state index is -0.0782. The Morgan fingerprint density at radius 3 is 2.61 bits per heavy atom. The first-order valence-corrected chi connectivity index (χ1v) is 10.9. The highest BCUT2D eigenvalue weighted by atomic mass is 35.5. The number of morpholine rings is 1. The third-order valence-electron chi connectivity index (χ3n) is 4.97. The number of benzene rings is 1. The highest BCUT2D eigenvalue weighted by Gasteiger charge is 2.16. The standard InChI is InChI=1S/C22H23ClN4O2S.ClH/c23-19-11-17(15-3-5-25-20(12-15)27-6-8-29-9-7-27)10-18(13-24)21(19)30-22-16(14-28)2-1-4-26-22;/h1-5,10-12,28H,6-9,13-14,24H2;1H. The summed E-state index contributed by atoms with van der Waals surface area (Å²) in [5.41, 5.74) is 9.78. The van der Waals surface area contributed by atoms with E-state index in [0.717, 1.165) is 51.1 Å². The molecule has 3 N–H and O–H groups in total. The quantitative estimate of drug-likeness (QED) is 0.549. The van der Waals surface area contributed by atoms with Crippen LogP contribution in [0.4, 0.5) is 5.82 Å². The molecule has 3 heterocycles. The van der Waals surface area contributed by atoms with Gasteiger partial charge in [-0.1, -0.05) is 29.4 Å². The Bertz CT molecular complexity index is 1030. The van der Waals surface area contributed by atoms with Gasteiger partial charge in [0.2, 0.25) is 0 Å². The normalized spacial score (nSPS) is 13.7. The molecule has 1 aliphatic rings. The molecule has 1 saturated heterocycles. The highest BCUT2D eigenvalue weighted by molar-refractivity contribution is 7.99. The van der Waals surface area contributed by atoms with E-state index in [9.17, 15) is 5.11 Å². The van der Waals surface area contributed by atoms with Crippen molar-refractivity contribution in [3.05, 3.63) is 64.9 Å². The van der Waals surface area contributed by atoms with Gasteiger partial charge in [-0.05, 0) is 47.0 Å². The third kappa shape index (κ3) is 5.49. The summed E-state index contributed by atoms with van der Waals surface area (Å²) in [5, 5.41) is 10.9. The number of pyridine rings is 2. The highest BCUT2D eigenvalue weighted by Crippen LogP contribution is 2.39. The Hall–Kier alpha value is -1.87. The van der Waals surface area contributed by atoms with E-state index < -0.39 is 0 Å². The van der Waals surface area contributed by atoms with Gasteiger partial charge in [0, 0.05) is 42.5 Å². The van der Waals surface area contributed by atoms with Crippen molar-refractivity contribution >= 4 is 41.6 Å². The van der Waals surface area contributed by atoms with Crippen LogP contribution in [-0.2, 0) is 17.9 Å². The number of ether oxygens (including phenoxy) is 1. The molecular weight excluding hydrogens is 455 g/mol. The SMILES string of the molecule is Cl.NCc1cc(-c2ccnc(N3CCOCC3)c2)cc(Cl)c1Sc1ncccc1CO. The van der Waals surface area contributed by atoms with Crippen LogP contribution in [0.5, 0.6) is 0 Å². The molecule has 9 heteroatoms. The minimum Gasteiger partial charge on any atom is -0.392 e. The fourth-order valence-electron chi connectivity index (χ4n) is 3.38. The molecule has 3 aromatic rings. The van der Waals surface area contributed by atoms with Crippen LogP contribution in [0.1, 0.15) is 11.1 Å². The lowest BCUT2D eigenvalue weighted by molar-refractivity contribution is 0.122. The Kier molecular flexibility index (Phi) is 8.54. The number of rotatable bonds is 6. The predicted octanol–water partition coefficient (Wildman–Crippen LogP) is 4.16. The van der Waals surface area contributed by atoms with E-state index in [2.05, 4.69) is 27.0 Å². The maximum absolute atomic E-state index is 9.59. The van der Waals surface area contributed by atoms with Crippen molar-refractivity contribution < 1.29 is 9.84 Å². The summed E-state index contributed by atoms with van der Waals surface area (Å²) in [4.78, 5) is 12.0. The molecule has 0 atom stereocenters. The Morgan fingerprint density at radius 2 is 1.87 bits per heavy atom. The second-order valence-corrected chi connectivity index (χ2v) is 8.29. The molecule has 0 amide bonds. The first-order chi connectivity index (χ1) is 14.7. The summed E-state index contributed by atoms with van der Waals surface area (Å²) in [6.07, 6.45) is 3.52. The summed E-state index contributed by atoms with van der Waals surface area (Å²) in [6, 6.07) is 11.7. The van der Waals surface area contributed by atoms with E-state index in [1.165, 1.54) is 11.8 Å². The van der Waals surface area contributed by atoms with Crippen LogP contribution in [0.3, 0.4) is 0 Å². The van der Waals surface area contributed by atoms with Crippen LogP contribution in [0.25, 0.3) is 11.1 Å². The van der Waals surface area contributed by atoms with Crippen LogP contribution in [-0.4, -0.2) is 41.4 Å². The second kappa shape index (κ2) is 11.1. The monoisotopic (exact) mass is 478 g/mol. The molecule has 164 valence electrons. The molecule has 0 spiro atoms. The number of hydrogen-bond donors (Lipinski definition) is 2. The summed E-state index contributed by atoms with van der Waals surface area (Å²) < 4.78 is 5.44. The van der Waals surface area contributed by atoms with Gasteiger partial charge in [-0.3, -0.25) is 0 Å². The molecule has 0 unspecified atom stereocenters. The zero-order valence-electron chi connectivity index (χ0n) is 16.8. The molecule has 0 bridgehead atoms. The van der Waals surface area contributed by atoms with Crippen LogP contribution < -0.4 is 10.6 Å². The number of aliphatic hydroxyl groups excluding tert-OH is 1. The van der Waals surface area contributed by atoms with E-state index in [1.54, 1.807) is 12.3 Å². The molecule has 1 aromatic carbocycles. The largest absolute Gasteiger partial charge is 0.392 e. The topological polar surface area (TPSA) is 84.5 Å². The van der Waals surface area contributed by atoms with Crippen molar-refractivity contribution in [3.63, 3.8) is 0 Å². The summed E-state index contributed by atoms with van der Waals surface area (Å²) in [7, 11) is 0. The van der Waals surface area contributed by atoms with Crippen LogP contribution >= 0.6 is 35.8 Å². The average molecular weight is 479 g/mol. The molecule has 0 radical (unpaired) electrons. The van der Waals surface area contributed by atoms with Gasteiger partial charge in [0.05, 0.1) is 24.8 Å². The van der Waals surface area contributed by atoms with Gasteiger partial charge >= 0.3 is 0 Å². The van der Waals surface area contributed by atoms with Crippen molar-refractivity contribution in [3.8, 4) is 11.1 Å².